The van der Waals surface area contributed by atoms with E-state index < -0.39 is 0 Å². The Kier molecular flexibility index (Phi) is 3.87. The summed E-state index contributed by atoms with van der Waals surface area (Å²) in [6.45, 7) is 8.50. The number of nitrogens with one attached hydrogen (secondary N) is 1. The molecule has 20 heavy (non-hydrogen) atoms. The summed E-state index contributed by atoms with van der Waals surface area (Å²) in [7, 11) is 2.11. The van der Waals surface area contributed by atoms with E-state index in [2.05, 4.69) is 62.3 Å². The molecule has 0 bridgehead atoms. The summed E-state index contributed by atoms with van der Waals surface area (Å²) in [5.74, 6) is 1.63. The average Bonchev–Trinajstić information content (AvgIpc) is 2.81. The summed E-state index contributed by atoms with van der Waals surface area (Å²) >= 11 is 0. The van der Waals surface area contributed by atoms with Crippen LogP contribution in [0.25, 0.3) is 0 Å². The Morgan fingerprint density at radius 2 is 1.90 bits per heavy atom. The van der Waals surface area contributed by atoms with Crippen molar-refractivity contribution in [3.63, 3.8) is 0 Å². The monoisotopic (exact) mass is 272 g/mol. The van der Waals surface area contributed by atoms with Crippen molar-refractivity contribution >= 4 is 0 Å². The predicted molar refractivity (Wildman–Crippen MR) is 84.8 cm³/mol. The second-order valence-electron chi connectivity index (χ2n) is 6.99. The smallest absolute Gasteiger partial charge is 0.0481 e. The fourth-order valence-electron chi connectivity index (χ4n) is 4.43. The van der Waals surface area contributed by atoms with Gasteiger partial charge in [0.05, 0.1) is 0 Å². The second kappa shape index (κ2) is 5.50. The lowest BCUT2D eigenvalue weighted by Gasteiger charge is -2.46. The van der Waals surface area contributed by atoms with Crippen LogP contribution >= 0.6 is 0 Å². The highest BCUT2D eigenvalue weighted by Crippen LogP contribution is 2.38. The van der Waals surface area contributed by atoms with E-state index in [1.54, 1.807) is 0 Å². The highest BCUT2D eigenvalue weighted by Gasteiger charge is 2.40. The van der Waals surface area contributed by atoms with Gasteiger partial charge in [0.15, 0.2) is 0 Å². The normalized spacial score (nSPS) is 37.9. The minimum Gasteiger partial charge on any atom is -0.312 e. The molecule has 1 aliphatic carbocycles. The van der Waals surface area contributed by atoms with Crippen LogP contribution in [0, 0.1) is 11.8 Å². The van der Waals surface area contributed by atoms with Crippen LogP contribution in [0.5, 0.6) is 0 Å². The van der Waals surface area contributed by atoms with Gasteiger partial charge in [0.25, 0.3) is 0 Å². The van der Waals surface area contributed by atoms with E-state index >= 15 is 0 Å². The minimum atomic E-state index is 0.492. The fraction of sp³-hybridized carbons (Fsp3) is 0.667. The molecule has 3 rings (SSSR count). The predicted octanol–water partition coefficient (Wildman–Crippen LogP) is 3.24. The summed E-state index contributed by atoms with van der Waals surface area (Å²) < 4.78 is 0. The zero-order chi connectivity index (χ0) is 14.3. The third-order valence-electron chi connectivity index (χ3n) is 5.58. The maximum Gasteiger partial charge on any atom is 0.0481 e. The van der Waals surface area contributed by atoms with Gasteiger partial charge in [-0.1, -0.05) is 38.1 Å². The zero-order valence-electron chi connectivity index (χ0n) is 13.3. The molecule has 2 nitrogen and oxygen atoms in total. The van der Waals surface area contributed by atoms with E-state index in [1.807, 2.05) is 0 Å². The minimum absolute atomic E-state index is 0.492. The molecule has 0 radical (unpaired) electrons. The lowest BCUT2D eigenvalue weighted by atomic mass is 9.84. The molecule has 2 heteroatoms. The van der Waals surface area contributed by atoms with Gasteiger partial charge in [0.2, 0.25) is 0 Å². The van der Waals surface area contributed by atoms with Gasteiger partial charge in [-0.3, -0.25) is 4.90 Å². The molecule has 110 valence electrons. The average molecular weight is 272 g/mol. The van der Waals surface area contributed by atoms with Gasteiger partial charge < -0.3 is 5.32 Å². The Morgan fingerprint density at radius 3 is 2.65 bits per heavy atom. The SMILES string of the molecule is CNC1c2ccccc2CC1N1CC(C)CC(C)C1C. The van der Waals surface area contributed by atoms with E-state index in [0.717, 1.165) is 11.8 Å². The molecule has 1 fully saturated rings. The van der Waals surface area contributed by atoms with Crippen molar-refractivity contribution in [3.05, 3.63) is 35.4 Å². The molecule has 0 amide bonds. The maximum absolute atomic E-state index is 3.58. The van der Waals surface area contributed by atoms with Crippen LogP contribution in [0.15, 0.2) is 24.3 Å². The first-order chi connectivity index (χ1) is 9.61. The zero-order valence-corrected chi connectivity index (χ0v) is 13.3. The van der Waals surface area contributed by atoms with E-state index in [9.17, 15) is 0 Å². The molecule has 1 heterocycles. The molecule has 5 unspecified atom stereocenters. The van der Waals surface area contributed by atoms with Gasteiger partial charge in [0, 0.05) is 24.7 Å². The van der Waals surface area contributed by atoms with E-state index in [1.165, 1.54) is 30.5 Å². The van der Waals surface area contributed by atoms with Gasteiger partial charge in [-0.25, -0.2) is 0 Å². The van der Waals surface area contributed by atoms with E-state index in [0.29, 0.717) is 18.1 Å². The number of likely N-dealkylation sites (tertiary alicyclic amines) is 1. The van der Waals surface area contributed by atoms with Crippen LogP contribution in [0.1, 0.15) is 44.4 Å². The summed E-state index contributed by atoms with van der Waals surface area (Å²) in [4.78, 5) is 2.78. The van der Waals surface area contributed by atoms with E-state index in [4.69, 9.17) is 0 Å². The summed E-state index contributed by atoms with van der Waals surface area (Å²) in [6, 6.07) is 10.8. The van der Waals surface area contributed by atoms with Crippen LogP contribution in [0.4, 0.5) is 0 Å². The van der Waals surface area contributed by atoms with Gasteiger partial charge in [0.1, 0.15) is 0 Å². The standard InChI is InChI=1S/C18H28N2/c1-12-9-13(2)14(3)20(11-12)17-10-15-7-5-6-8-16(15)18(17)19-4/h5-8,12-14,17-19H,9-11H2,1-4H3. The number of nitrogens with zero attached hydrogens (tertiary/aromatic N) is 1. The molecule has 1 aromatic rings. The lowest BCUT2D eigenvalue weighted by Crippen LogP contribution is -2.53. The Labute approximate surface area is 123 Å². The molecular weight excluding hydrogens is 244 g/mol. The summed E-state index contributed by atoms with van der Waals surface area (Å²) in [5.41, 5.74) is 3.05. The third-order valence-corrected chi connectivity index (χ3v) is 5.58. The number of rotatable bonds is 2. The van der Waals surface area contributed by atoms with Crippen molar-refractivity contribution in [1.29, 1.82) is 0 Å². The van der Waals surface area contributed by atoms with Crippen LogP contribution in [0.2, 0.25) is 0 Å². The van der Waals surface area contributed by atoms with Gasteiger partial charge >= 0.3 is 0 Å². The highest BCUT2D eigenvalue weighted by molar-refractivity contribution is 5.37. The summed E-state index contributed by atoms with van der Waals surface area (Å²) in [5, 5.41) is 3.58. The topological polar surface area (TPSA) is 15.3 Å². The Morgan fingerprint density at radius 1 is 1.15 bits per heavy atom. The number of benzene rings is 1. The fourth-order valence-corrected chi connectivity index (χ4v) is 4.43. The van der Waals surface area contributed by atoms with Crippen molar-refractivity contribution < 1.29 is 0 Å². The molecule has 0 saturated carbocycles. The molecular formula is C18H28N2. The highest BCUT2D eigenvalue weighted by atomic mass is 15.2. The molecule has 1 N–H and O–H groups in total. The van der Waals surface area contributed by atoms with E-state index in [-0.39, 0.29) is 0 Å². The number of hydrogen-bond acceptors (Lipinski definition) is 2. The van der Waals surface area contributed by atoms with Crippen molar-refractivity contribution in [2.24, 2.45) is 11.8 Å². The van der Waals surface area contributed by atoms with Gasteiger partial charge in [-0.15, -0.1) is 0 Å². The molecule has 0 aromatic heterocycles. The second-order valence-corrected chi connectivity index (χ2v) is 6.99. The Balaban J connectivity index is 1.87. The van der Waals surface area contributed by atoms with Crippen LogP contribution in [-0.2, 0) is 6.42 Å². The molecule has 1 aromatic carbocycles. The van der Waals surface area contributed by atoms with Crippen molar-refractivity contribution in [2.75, 3.05) is 13.6 Å². The first-order valence-corrected chi connectivity index (χ1v) is 8.12. The van der Waals surface area contributed by atoms with Crippen molar-refractivity contribution in [3.8, 4) is 0 Å². The van der Waals surface area contributed by atoms with Crippen LogP contribution in [-0.4, -0.2) is 30.6 Å². The van der Waals surface area contributed by atoms with Crippen LogP contribution in [0.3, 0.4) is 0 Å². The van der Waals surface area contributed by atoms with Crippen molar-refractivity contribution in [1.82, 2.24) is 10.2 Å². The molecule has 1 saturated heterocycles. The quantitative estimate of drug-likeness (QED) is 0.889. The first-order valence-electron chi connectivity index (χ1n) is 8.12. The van der Waals surface area contributed by atoms with Crippen molar-refractivity contribution in [2.45, 2.75) is 51.7 Å². The Hall–Kier alpha value is -0.860. The maximum atomic E-state index is 3.58. The lowest BCUT2D eigenvalue weighted by molar-refractivity contribution is 0.0305. The number of fused-ring (bicyclic) bond motifs is 1. The molecule has 2 aliphatic rings. The number of hydrogen-bond donors (Lipinski definition) is 1. The van der Waals surface area contributed by atoms with Gasteiger partial charge in [-0.2, -0.15) is 0 Å². The third kappa shape index (κ3) is 2.29. The summed E-state index contributed by atoms with van der Waals surface area (Å²) in [6.07, 6.45) is 2.58. The number of piperidine rings is 1. The first kappa shape index (κ1) is 14.1. The molecule has 0 spiro atoms. The Bertz CT molecular complexity index is 470. The van der Waals surface area contributed by atoms with Gasteiger partial charge in [-0.05, 0) is 49.8 Å². The number of likely N-dealkylation sites (N-methyl/N-ethyl adjacent to an activating group) is 1. The van der Waals surface area contributed by atoms with Crippen LogP contribution < -0.4 is 5.32 Å². The largest absolute Gasteiger partial charge is 0.312 e. The molecule has 1 aliphatic heterocycles. The molecule has 5 atom stereocenters.